The van der Waals surface area contributed by atoms with Crippen LogP contribution in [-0.2, 0) is 31.6 Å². The van der Waals surface area contributed by atoms with Crippen molar-refractivity contribution in [3.8, 4) is 0 Å². The first-order valence-corrected chi connectivity index (χ1v) is 11.5. The van der Waals surface area contributed by atoms with E-state index in [1.54, 1.807) is 48.5 Å². The van der Waals surface area contributed by atoms with E-state index in [1.807, 2.05) is 0 Å². The summed E-state index contributed by atoms with van der Waals surface area (Å²) in [5.41, 5.74) is -4.59. The number of epoxide rings is 1. The first-order valence-electron chi connectivity index (χ1n) is 9.93. The quantitative estimate of drug-likeness (QED) is 0.489. The second-order valence-electron chi connectivity index (χ2n) is 10.2. The number of hydrogen-bond acceptors (Lipinski definition) is 5. The zero-order chi connectivity index (χ0) is 24.5. The molecule has 0 aliphatic carbocycles. The highest BCUT2D eigenvalue weighted by Gasteiger charge is 2.68. The molecular weight excluding hydrogens is 471 g/mol. The van der Waals surface area contributed by atoms with E-state index in [2.05, 4.69) is 9.71 Å². The van der Waals surface area contributed by atoms with Gasteiger partial charge in [-0.2, -0.15) is 13.2 Å². The zero-order valence-electron chi connectivity index (χ0n) is 18.9. The Balaban J connectivity index is 2.14. The van der Waals surface area contributed by atoms with Gasteiger partial charge >= 0.3 is 12.3 Å². The molecule has 1 fully saturated rings. The molecule has 1 aromatic heterocycles. The largest absolute Gasteiger partial charge is 0.443 e. The number of nitrogens with one attached hydrogen (secondary N) is 1. The van der Waals surface area contributed by atoms with Crippen LogP contribution in [0.4, 0.5) is 23.7 Å². The van der Waals surface area contributed by atoms with Gasteiger partial charge in [0.1, 0.15) is 5.60 Å². The van der Waals surface area contributed by atoms with Gasteiger partial charge in [0.2, 0.25) is 5.60 Å². The van der Waals surface area contributed by atoms with E-state index >= 15 is 0 Å². The minimum absolute atomic E-state index is 0.0657. The first kappa shape index (κ1) is 25.2. The Kier molecular flexibility index (Phi) is 5.94. The number of alkyl halides is 3. The third-order valence-electron chi connectivity index (χ3n) is 5.08. The second-order valence-corrected chi connectivity index (χ2v) is 12.5. The Morgan fingerprint density at radius 2 is 1.84 bits per heavy atom. The van der Waals surface area contributed by atoms with Gasteiger partial charge in [-0.25, -0.2) is 18.7 Å². The Morgan fingerprint density at radius 3 is 2.28 bits per heavy atom. The molecule has 180 valence electrons. The van der Waals surface area contributed by atoms with Crippen LogP contribution < -0.4 is 9.62 Å². The van der Waals surface area contributed by atoms with Crippen molar-refractivity contribution in [1.29, 1.82) is 0 Å². The molecule has 1 saturated heterocycles. The van der Waals surface area contributed by atoms with Crippen LogP contribution in [0.2, 0.25) is 5.15 Å². The van der Waals surface area contributed by atoms with Gasteiger partial charge in [-0.15, -0.1) is 0 Å². The maximum absolute atomic E-state index is 13.7. The zero-order valence-corrected chi connectivity index (χ0v) is 20.5. The average Bonchev–Trinajstić information content (AvgIpc) is 3.34. The van der Waals surface area contributed by atoms with Crippen molar-refractivity contribution < 1.29 is 31.6 Å². The van der Waals surface area contributed by atoms with Gasteiger partial charge in [0, 0.05) is 5.56 Å². The van der Waals surface area contributed by atoms with Gasteiger partial charge < -0.3 is 9.47 Å². The SMILES string of the molecule is CC(C)(C)OC(=O)N1C[C@@](C)(NS(=O)C(C)(C)C)c2cc(C3(C(F)(F)F)CO3)nc(Cl)c21. The van der Waals surface area contributed by atoms with Crippen molar-refractivity contribution in [3.63, 3.8) is 0 Å². The number of pyridine rings is 1. The first-order chi connectivity index (χ1) is 14.3. The molecule has 0 bridgehead atoms. The summed E-state index contributed by atoms with van der Waals surface area (Å²) >= 11 is 6.34. The van der Waals surface area contributed by atoms with Crippen LogP contribution in [0, 0.1) is 0 Å². The number of carbonyl (C=O) groups excluding carboxylic acids is 1. The third-order valence-corrected chi connectivity index (χ3v) is 7.09. The predicted molar refractivity (Wildman–Crippen MR) is 115 cm³/mol. The molecule has 0 radical (unpaired) electrons. The van der Waals surface area contributed by atoms with Crippen molar-refractivity contribution in [2.75, 3.05) is 18.1 Å². The molecule has 3 rings (SSSR count). The Hall–Kier alpha value is -1.43. The topological polar surface area (TPSA) is 84.1 Å². The maximum Gasteiger partial charge on any atom is 0.425 e. The summed E-state index contributed by atoms with van der Waals surface area (Å²) in [5.74, 6) is 0. The van der Waals surface area contributed by atoms with Gasteiger partial charge in [-0.05, 0) is 54.5 Å². The smallest absolute Gasteiger partial charge is 0.425 e. The van der Waals surface area contributed by atoms with Gasteiger partial charge in [-0.1, -0.05) is 11.6 Å². The third kappa shape index (κ3) is 4.49. The fourth-order valence-corrected chi connectivity index (χ4v) is 4.50. The molecule has 0 spiro atoms. The molecule has 1 N–H and O–H groups in total. The molecule has 2 aliphatic rings. The molecular formula is C20H27ClF3N3O4S. The van der Waals surface area contributed by atoms with Crippen molar-refractivity contribution in [2.24, 2.45) is 0 Å². The molecule has 1 aromatic rings. The molecule has 0 saturated carbocycles. The molecule has 3 atom stereocenters. The van der Waals surface area contributed by atoms with E-state index in [0.29, 0.717) is 0 Å². The summed E-state index contributed by atoms with van der Waals surface area (Å²) in [5, 5.41) is -0.297. The van der Waals surface area contributed by atoms with E-state index < -0.39 is 57.0 Å². The Bertz CT molecular complexity index is 971. The summed E-state index contributed by atoms with van der Waals surface area (Å²) in [6, 6.07) is 1.22. The van der Waals surface area contributed by atoms with Crippen LogP contribution in [0.15, 0.2) is 6.07 Å². The molecule has 2 aliphatic heterocycles. The Morgan fingerprint density at radius 1 is 1.28 bits per heavy atom. The minimum atomic E-state index is -4.70. The van der Waals surface area contributed by atoms with Gasteiger partial charge in [0.15, 0.2) is 5.15 Å². The molecule has 7 nitrogen and oxygen atoms in total. The fourth-order valence-electron chi connectivity index (χ4n) is 3.32. The van der Waals surface area contributed by atoms with E-state index in [9.17, 15) is 22.2 Å². The van der Waals surface area contributed by atoms with Gasteiger partial charge in [0.25, 0.3) is 0 Å². The number of carbonyl (C=O) groups is 1. The van der Waals surface area contributed by atoms with Crippen LogP contribution in [0.1, 0.15) is 59.7 Å². The van der Waals surface area contributed by atoms with Crippen LogP contribution in [0.25, 0.3) is 0 Å². The minimum Gasteiger partial charge on any atom is -0.443 e. The monoisotopic (exact) mass is 497 g/mol. The molecule has 1 amide bonds. The van der Waals surface area contributed by atoms with Crippen molar-refractivity contribution in [3.05, 3.63) is 22.5 Å². The second kappa shape index (κ2) is 7.54. The average molecular weight is 498 g/mol. The lowest BCUT2D eigenvalue weighted by Crippen LogP contribution is -2.50. The fraction of sp³-hybridized carbons (Fsp3) is 0.700. The van der Waals surface area contributed by atoms with E-state index in [-0.39, 0.29) is 22.9 Å². The number of halogens is 4. The number of aromatic nitrogens is 1. The van der Waals surface area contributed by atoms with Crippen LogP contribution in [0.3, 0.4) is 0 Å². The van der Waals surface area contributed by atoms with Crippen LogP contribution in [-0.4, -0.2) is 45.0 Å². The number of fused-ring (bicyclic) bond motifs is 1. The number of anilines is 1. The van der Waals surface area contributed by atoms with E-state index in [0.717, 1.165) is 0 Å². The number of amides is 1. The molecule has 3 heterocycles. The maximum atomic E-state index is 13.7. The summed E-state index contributed by atoms with van der Waals surface area (Å²) in [6.07, 6.45) is -5.44. The summed E-state index contributed by atoms with van der Waals surface area (Å²) in [6.45, 7) is 11.3. The number of hydrogen-bond donors (Lipinski definition) is 1. The lowest BCUT2D eigenvalue weighted by atomic mass is 9.93. The highest BCUT2D eigenvalue weighted by Crippen LogP contribution is 2.54. The molecule has 2 unspecified atom stereocenters. The predicted octanol–water partition coefficient (Wildman–Crippen LogP) is 4.54. The van der Waals surface area contributed by atoms with Crippen molar-refractivity contribution in [2.45, 2.75) is 76.1 Å². The lowest BCUT2D eigenvalue weighted by molar-refractivity contribution is -0.188. The van der Waals surface area contributed by atoms with Gasteiger partial charge in [-0.3, -0.25) is 4.90 Å². The number of nitrogens with zero attached hydrogens (tertiary/aromatic N) is 2. The normalized spacial score (nSPS) is 26.7. The van der Waals surface area contributed by atoms with E-state index in [1.165, 1.54) is 11.0 Å². The highest BCUT2D eigenvalue weighted by molar-refractivity contribution is 7.84. The lowest BCUT2D eigenvalue weighted by Gasteiger charge is -2.31. The standard InChI is InChI=1S/C20H27ClF3N3O4S/c1-16(2,3)31-15(28)27-9-18(7,26-32(29)17(4,5)6)11-8-12(25-14(21)13(11)27)19(10-30-19)20(22,23)24/h8,26H,9-10H2,1-7H3/t18-,19?,32?/m1/s1. The van der Waals surface area contributed by atoms with Crippen LogP contribution in [0.5, 0.6) is 0 Å². The van der Waals surface area contributed by atoms with Crippen molar-refractivity contribution in [1.82, 2.24) is 9.71 Å². The number of rotatable bonds is 3. The highest BCUT2D eigenvalue weighted by atomic mass is 35.5. The molecule has 12 heteroatoms. The number of ether oxygens (including phenoxy) is 2. The van der Waals surface area contributed by atoms with E-state index in [4.69, 9.17) is 21.1 Å². The van der Waals surface area contributed by atoms with Crippen molar-refractivity contribution >= 4 is 34.4 Å². The summed E-state index contributed by atoms with van der Waals surface area (Å²) in [7, 11) is -1.60. The van der Waals surface area contributed by atoms with Crippen LogP contribution >= 0.6 is 11.6 Å². The summed E-state index contributed by atoms with van der Waals surface area (Å²) in [4.78, 5) is 18.1. The molecule has 32 heavy (non-hydrogen) atoms. The Labute approximate surface area is 192 Å². The molecule has 0 aromatic carbocycles. The summed E-state index contributed by atoms with van der Waals surface area (Å²) < 4.78 is 66.4. The van der Waals surface area contributed by atoms with Gasteiger partial charge in [0.05, 0.1) is 45.8 Å².